The van der Waals surface area contributed by atoms with Crippen molar-refractivity contribution in [3.05, 3.63) is 0 Å². The van der Waals surface area contributed by atoms with Gasteiger partial charge in [0.25, 0.3) is 0 Å². The molecule has 1 aliphatic carbocycles. The Labute approximate surface area is 101 Å². The Morgan fingerprint density at radius 3 is 2.75 bits per heavy atom. The first-order valence-electron chi connectivity index (χ1n) is 6.70. The Kier molecular flexibility index (Phi) is 7.01. The van der Waals surface area contributed by atoms with Crippen LogP contribution in [-0.2, 0) is 4.74 Å². The minimum absolute atomic E-state index is 0.697. The third kappa shape index (κ3) is 5.83. The van der Waals surface area contributed by atoms with Gasteiger partial charge in [-0.25, -0.2) is 0 Å². The highest BCUT2D eigenvalue weighted by atomic mass is 16.5. The molecule has 1 atom stereocenters. The van der Waals surface area contributed by atoms with Gasteiger partial charge in [0.2, 0.25) is 0 Å². The van der Waals surface area contributed by atoms with E-state index < -0.39 is 0 Å². The standard InChI is InChI=1S/C13H28N2O/c1-4-6-13(11-14-12-7-8-12)15(2)9-5-10-16-3/h12-14H,4-11H2,1-3H3. The average molecular weight is 228 g/mol. The first-order valence-corrected chi connectivity index (χ1v) is 6.70. The zero-order valence-electron chi connectivity index (χ0n) is 11.2. The lowest BCUT2D eigenvalue weighted by Crippen LogP contribution is -2.41. The third-order valence-electron chi connectivity index (χ3n) is 3.32. The maximum Gasteiger partial charge on any atom is 0.0474 e. The highest BCUT2D eigenvalue weighted by Crippen LogP contribution is 2.19. The summed E-state index contributed by atoms with van der Waals surface area (Å²) in [5.41, 5.74) is 0. The molecular formula is C13H28N2O. The van der Waals surface area contributed by atoms with Gasteiger partial charge in [-0.3, -0.25) is 0 Å². The summed E-state index contributed by atoms with van der Waals surface area (Å²) in [7, 11) is 4.02. The van der Waals surface area contributed by atoms with Crippen LogP contribution in [0.25, 0.3) is 0 Å². The van der Waals surface area contributed by atoms with Crippen molar-refractivity contribution in [3.8, 4) is 0 Å². The van der Waals surface area contributed by atoms with Crippen LogP contribution in [0.4, 0.5) is 0 Å². The summed E-state index contributed by atoms with van der Waals surface area (Å²) in [5.74, 6) is 0. The molecule has 1 saturated carbocycles. The molecular weight excluding hydrogens is 200 g/mol. The Hall–Kier alpha value is -0.120. The van der Waals surface area contributed by atoms with E-state index >= 15 is 0 Å². The summed E-state index contributed by atoms with van der Waals surface area (Å²) in [4.78, 5) is 2.48. The van der Waals surface area contributed by atoms with Crippen LogP contribution in [0.3, 0.4) is 0 Å². The number of hydrogen-bond acceptors (Lipinski definition) is 3. The quantitative estimate of drug-likeness (QED) is 0.578. The minimum atomic E-state index is 0.697. The molecule has 1 aliphatic rings. The summed E-state index contributed by atoms with van der Waals surface area (Å²) < 4.78 is 5.10. The van der Waals surface area contributed by atoms with Crippen molar-refractivity contribution >= 4 is 0 Å². The molecule has 0 heterocycles. The molecule has 96 valence electrons. The van der Waals surface area contributed by atoms with E-state index in [4.69, 9.17) is 4.74 Å². The Bertz CT molecular complexity index is 171. The number of nitrogens with zero attached hydrogens (tertiary/aromatic N) is 1. The second-order valence-corrected chi connectivity index (χ2v) is 4.95. The molecule has 1 fully saturated rings. The van der Waals surface area contributed by atoms with Gasteiger partial charge in [0.05, 0.1) is 0 Å². The lowest BCUT2D eigenvalue weighted by molar-refractivity contribution is 0.160. The van der Waals surface area contributed by atoms with Gasteiger partial charge in [0.15, 0.2) is 0 Å². The van der Waals surface area contributed by atoms with Crippen molar-refractivity contribution in [1.29, 1.82) is 0 Å². The van der Waals surface area contributed by atoms with Gasteiger partial charge in [0.1, 0.15) is 0 Å². The molecule has 1 N–H and O–H groups in total. The fourth-order valence-electron chi connectivity index (χ4n) is 2.04. The molecule has 0 bridgehead atoms. The second-order valence-electron chi connectivity index (χ2n) is 4.95. The first-order chi connectivity index (χ1) is 7.77. The van der Waals surface area contributed by atoms with Crippen LogP contribution in [0.5, 0.6) is 0 Å². The third-order valence-corrected chi connectivity index (χ3v) is 3.32. The highest BCUT2D eigenvalue weighted by molar-refractivity contribution is 4.83. The van der Waals surface area contributed by atoms with E-state index in [1.165, 1.54) is 25.7 Å². The van der Waals surface area contributed by atoms with Crippen molar-refractivity contribution in [3.63, 3.8) is 0 Å². The molecule has 1 rings (SSSR count). The van der Waals surface area contributed by atoms with Crippen LogP contribution in [0, 0.1) is 0 Å². The zero-order valence-corrected chi connectivity index (χ0v) is 11.2. The van der Waals surface area contributed by atoms with Crippen molar-refractivity contribution in [1.82, 2.24) is 10.2 Å². The fourth-order valence-corrected chi connectivity index (χ4v) is 2.04. The molecule has 0 aromatic carbocycles. The summed E-state index contributed by atoms with van der Waals surface area (Å²) in [6.45, 7) is 5.44. The summed E-state index contributed by atoms with van der Waals surface area (Å²) >= 11 is 0. The van der Waals surface area contributed by atoms with Gasteiger partial charge >= 0.3 is 0 Å². The van der Waals surface area contributed by atoms with E-state index in [0.717, 1.165) is 32.2 Å². The Morgan fingerprint density at radius 1 is 1.44 bits per heavy atom. The predicted octanol–water partition coefficient (Wildman–Crippen LogP) is 1.88. The molecule has 3 heteroatoms. The molecule has 16 heavy (non-hydrogen) atoms. The molecule has 0 aromatic heterocycles. The summed E-state index contributed by atoms with van der Waals surface area (Å²) in [5, 5.41) is 3.64. The lowest BCUT2D eigenvalue weighted by Gasteiger charge is -2.28. The molecule has 3 nitrogen and oxygen atoms in total. The van der Waals surface area contributed by atoms with E-state index in [-0.39, 0.29) is 0 Å². The van der Waals surface area contributed by atoms with Crippen molar-refractivity contribution in [2.45, 2.75) is 51.1 Å². The van der Waals surface area contributed by atoms with Gasteiger partial charge in [-0.05, 0) is 32.7 Å². The molecule has 0 saturated heterocycles. The van der Waals surface area contributed by atoms with Crippen LogP contribution in [0.1, 0.15) is 39.0 Å². The molecule has 0 spiro atoms. The number of rotatable bonds is 10. The van der Waals surface area contributed by atoms with Crippen LogP contribution in [0.15, 0.2) is 0 Å². The van der Waals surface area contributed by atoms with Gasteiger partial charge < -0.3 is 15.0 Å². The highest BCUT2D eigenvalue weighted by Gasteiger charge is 2.22. The fraction of sp³-hybridized carbons (Fsp3) is 1.00. The van der Waals surface area contributed by atoms with E-state index in [0.29, 0.717) is 6.04 Å². The van der Waals surface area contributed by atoms with Crippen LogP contribution >= 0.6 is 0 Å². The SMILES string of the molecule is CCCC(CNC1CC1)N(C)CCCOC. The average Bonchev–Trinajstić information content (AvgIpc) is 3.08. The number of likely N-dealkylation sites (N-methyl/N-ethyl adjacent to an activating group) is 1. The molecule has 1 unspecified atom stereocenters. The van der Waals surface area contributed by atoms with Crippen molar-refractivity contribution in [2.75, 3.05) is 33.9 Å². The number of methoxy groups -OCH3 is 1. The zero-order chi connectivity index (χ0) is 11.8. The second kappa shape index (κ2) is 8.04. The normalized spacial score (nSPS) is 18.0. The van der Waals surface area contributed by atoms with Crippen LogP contribution < -0.4 is 5.32 Å². The van der Waals surface area contributed by atoms with E-state index in [9.17, 15) is 0 Å². The van der Waals surface area contributed by atoms with Crippen LogP contribution in [-0.4, -0.2) is 50.8 Å². The van der Waals surface area contributed by atoms with E-state index in [1.54, 1.807) is 7.11 Å². The molecule has 0 radical (unpaired) electrons. The van der Waals surface area contributed by atoms with Crippen molar-refractivity contribution < 1.29 is 4.74 Å². The molecule has 0 aromatic rings. The smallest absolute Gasteiger partial charge is 0.0474 e. The molecule has 0 amide bonds. The summed E-state index contributed by atoms with van der Waals surface area (Å²) in [6, 6.07) is 1.52. The minimum Gasteiger partial charge on any atom is -0.385 e. The Balaban J connectivity index is 2.16. The summed E-state index contributed by atoms with van der Waals surface area (Å²) in [6.07, 6.45) is 6.46. The van der Waals surface area contributed by atoms with E-state index in [2.05, 4.69) is 24.2 Å². The largest absolute Gasteiger partial charge is 0.385 e. The van der Waals surface area contributed by atoms with Crippen molar-refractivity contribution in [2.24, 2.45) is 0 Å². The molecule has 0 aliphatic heterocycles. The van der Waals surface area contributed by atoms with Crippen LogP contribution in [0.2, 0.25) is 0 Å². The van der Waals surface area contributed by atoms with Gasteiger partial charge in [0, 0.05) is 38.9 Å². The monoisotopic (exact) mass is 228 g/mol. The van der Waals surface area contributed by atoms with Gasteiger partial charge in [-0.1, -0.05) is 13.3 Å². The maximum atomic E-state index is 5.10. The van der Waals surface area contributed by atoms with Gasteiger partial charge in [-0.2, -0.15) is 0 Å². The van der Waals surface area contributed by atoms with E-state index in [1.807, 2.05) is 0 Å². The van der Waals surface area contributed by atoms with Gasteiger partial charge in [-0.15, -0.1) is 0 Å². The first kappa shape index (κ1) is 13.9. The maximum absolute atomic E-state index is 5.10. The number of nitrogens with one attached hydrogen (secondary N) is 1. The number of hydrogen-bond donors (Lipinski definition) is 1. The Morgan fingerprint density at radius 2 is 2.19 bits per heavy atom. The lowest BCUT2D eigenvalue weighted by atomic mass is 10.1. The topological polar surface area (TPSA) is 24.5 Å². The number of ether oxygens (including phenoxy) is 1. The predicted molar refractivity (Wildman–Crippen MR) is 68.8 cm³/mol.